The summed E-state index contributed by atoms with van der Waals surface area (Å²) in [5.74, 6) is -0.0236. The molecule has 1 heterocycles. The zero-order valence-electron chi connectivity index (χ0n) is 13.4. The summed E-state index contributed by atoms with van der Waals surface area (Å²) in [6.45, 7) is 8.19. The van der Waals surface area contributed by atoms with Crippen LogP contribution in [0.15, 0.2) is 23.1 Å². The van der Waals surface area contributed by atoms with Gasteiger partial charge in [-0.05, 0) is 57.9 Å². The molecule has 0 radical (unpaired) electrons. The van der Waals surface area contributed by atoms with Crippen molar-refractivity contribution in [3.8, 4) is 0 Å². The molecule has 1 amide bonds. The summed E-state index contributed by atoms with van der Waals surface area (Å²) in [5.41, 5.74) is 1.46. The van der Waals surface area contributed by atoms with Gasteiger partial charge >= 0.3 is 0 Å². The van der Waals surface area contributed by atoms with Gasteiger partial charge in [-0.25, -0.2) is 13.6 Å². The van der Waals surface area contributed by atoms with Crippen LogP contribution in [0.1, 0.15) is 33.3 Å². The van der Waals surface area contributed by atoms with Gasteiger partial charge in [0.2, 0.25) is 15.9 Å². The summed E-state index contributed by atoms with van der Waals surface area (Å²) in [5, 5.41) is 8.34. The van der Waals surface area contributed by atoms with Gasteiger partial charge in [-0.2, -0.15) is 0 Å². The summed E-state index contributed by atoms with van der Waals surface area (Å²) < 4.78 is 22.9. The van der Waals surface area contributed by atoms with E-state index in [1.807, 2.05) is 27.7 Å². The van der Waals surface area contributed by atoms with Crippen LogP contribution in [0.25, 0.3) is 0 Å². The second kappa shape index (κ2) is 5.64. The number of sulfonamides is 1. The van der Waals surface area contributed by atoms with Crippen LogP contribution in [-0.2, 0) is 21.2 Å². The number of amides is 1. The number of benzene rings is 1. The topological polar surface area (TPSA) is 92.5 Å². The van der Waals surface area contributed by atoms with E-state index in [1.54, 1.807) is 17.0 Å². The zero-order chi connectivity index (χ0) is 16.7. The van der Waals surface area contributed by atoms with Crippen LogP contribution in [0.4, 0.5) is 5.69 Å². The van der Waals surface area contributed by atoms with Crippen LogP contribution in [-0.4, -0.2) is 32.5 Å². The highest BCUT2D eigenvalue weighted by Crippen LogP contribution is 2.33. The third-order valence-electron chi connectivity index (χ3n) is 3.63. The Morgan fingerprint density at radius 3 is 2.59 bits per heavy atom. The molecule has 0 spiro atoms. The molecule has 122 valence electrons. The van der Waals surface area contributed by atoms with E-state index in [9.17, 15) is 13.2 Å². The first-order chi connectivity index (χ1) is 9.99. The van der Waals surface area contributed by atoms with Crippen molar-refractivity contribution < 1.29 is 13.2 Å². The number of nitrogens with two attached hydrogens (primary N) is 1. The lowest BCUT2D eigenvalue weighted by atomic mass is 10.1. The monoisotopic (exact) mass is 325 g/mol. The molecule has 22 heavy (non-hydrogen) atoms. The minimum atomic E-state index is -3.72. The molecule has 1 aliphatic heterocycles. The Kier molecular flexibility index (Phi) is 4.34. The Bertz CT molecular complexity index is 692. The zero-order valence-corrected chi connectivity index (χ0v) is 14.2. The van der Waals surface area contributed by atoms with Crippen LogP contribution in [0, 0.1) is 0 Å². The molecule has 3 N–H and O–H groups in total. The number of rotatable bonds is 3. The third kappa shape index (κ3) is 3.66. The normalized spacial score (nSPS) is 18.4. The van der Waals surface area contributed by atoms with Crippen LogP contribution in [0.3, 0.4) is 0 Å². The standard InChI is InChI=1S/C15H23N3O3S/c1-10-7-11-8-12(22(16,20)21)5-6-13(11)18(10)14(19)9-17-15(2,3)4/h5-6,8,10,17H,7,9H2,1-4H3,(H2,16,20,21). The van der Waals surface area contributed by atoms with Crippen LogP contribution >= 0.6 is 0 Å². The van der Waals surface area contributed by atoms with E-state index in [2.05, 4.69) is 5.32 Å². The highest BCUT2D eigenvalue weighted by atomic mass is 32.2. The van der Waals surface area contributed by atoms with Crippen molar-refractivity contribution in [3.63, 3.8) is 0 Å². The minimum absolute atomic E-state index is 0.00000283. The van der Waals surface area contributed by atoms with Crippen LogP contribution in [0.5, 0.6) is 0 Å². The predicted octanol–water partition coefficient (Wildman–Crippen LogP) is 1.000. The summed E-state index contributed by atoms with van der Waals surface area (Å²) >= 11 is 0. The van der Waals surface area contributed by atoms with Gasteiger partial charge in [-0.1, -0.05) is 0 Å². The number of hydrogen-bond acceptors (Lipinski definition) is 4. The lowest BCUT2D eigenvalue weighted by Crippen LogP contribution is -2.46. The third-order valence-corrected chi connectivity index (χ3v) is 4.54. The molecule has 1 unspecified atom stereocenters. The van der Waals surface area contributed by atoms with Gasteiger partial charge in [-0.3, -0.25) is 4.79 Å². The lowest BCUT2D eigenvalue weighted by molar-refractivity contribution is -0.118. The van der Waals surface area contributed by atoms with Gasteiger partial charge in [0.25, 0.3) is 0 Å². The summed E-state index contributed by atoms with van der Waals surface area (Å²) in [4.78, 5) is 14.3. The van der Waals surface area contributed by atoms with E-state index in [0.717, 1.165) is 11.3 Å². The smallest absolute Gasteiger partial charge is 0.241 e. The number of carbonyl (C=O) groups is 1. The van der Waals surface area contributed by atoms with Crippen molar-refractivity contribution in [3.05, 3.63) is 23.8 Å². The van der Waals surface area contributed by atoms with Crippen molar-refractivity contribution in [2.45, 2.75) is 50.6 Å². The number of anilines is 1. The molecular weight excluding hydrogens is 302 g/mol. The van der Waals surface area contributed by atoms with E-state index >= 15 is 0 Å². The number of hydrogen-bond donors (Lipinski definition) is 2. The average molecular weight is 325 g/mol. The highest BCUT2D eigenvalue weighted by molar-refractivity contribution is 7.89. The molecule has 1 aliphatic rings. The summed E-state index contributed by atoms with van der Waals surface area (Å²) in [7, 11) is -3.72. The molecular formula is C15H23N3O3S. The number of nitrogens with one attached hydrogen (secondary N) is 1. The minimum Gasteiger partial charge on any atom is -0.308 e. The lowest BCUT2D eigenvalue weighted by Gasteiger charge is -2.26. The molecule has 1 atom stereocenters. The summed E-state index contributed by atoms with van der Waals surface area (Å²) in [6, 6.07) is 4.67. The largest absolute Gasteiger partial charge is 0.308 e. The molecule has 0 saturated heterocycles. The van der Waals surface area contributed by atoms with E-state index < -0.39 is 10.0 Å². The molecule has 1 aromatic rings. The Morgan fingerprint density at radius 2 is 2.05 bits per heavy atom. The first-order valence-corrected chi connectivity index (χ1v) is 8.76. The highest BCUT2D eigenvalue weighted by Gasteiger charge is 2.31. The Balaban J connectivity index is 2.26. The number of nitrogens with zero attached hydrogens (tertiary/aromatic N) is 1. The number of primary sulfonamides is 1. The molecule has 2 rings (SSSR count). The fourth-order valence-corrected chi connectivity index (χ4v) is 3.15. The van der Waals surface area contributed by atoms with E-state index in [0.29, 0.717) is 6.42 Å². The Morgan fingerprint density at radius 1 is 1.41 bits per heavy atom. The van der Waals surface area contributed by atoms with Crippen molar-refractivity contribution in [2.75, 3.05) is 11.4 Å². The van der Waals surface area contributed by atoms with Crippen molar-refractivity contribution >= 4 is 21.6 Å². The fourth-order valence-electron chi connectivity index (χ4n) is 2.59. The van der Waals surface area contributed by atoms with Gasteiger partial charge in [0.05, 0.1) is 11.4 Å². The van der Waals surface area contributed by atoms with E-state index in [4.69, 9.17) is 5.14 Å². The summed E-state index contributed by atoms with van der Waals surface area (Å²) in [6.07, 6.45) is 0.625. The van der Waals surface area contributed by atoms with E-state index in [1.165, 1.54) is 6.07 Å². The van der Waals surface area contributed by atoms with Crippen LogP contribution < -0.4 is 15.4 Å². The molecule has 0 bridgehead atoms. The molecule has 0 aromatic heterocycles. The average Bonchev–Trinajstić information content (AvgIpc) is 2.69. The molecule has 0 aliphatic carbocycles. The van der Waals surface area contributed by atoms with Gasteiger partial charge in [0.1, 0.15) is 0 Å². The van der Waals surface area contributed by atoms with Gasteiger partial charge in [0, 0.05) is 17.3 Å². The van der Waals surface area contributed by atoms with Crippen molar-refractivity contribution in [1.82, 2.24) is 5.32 Å². The van der Waals surface area contributed by atoms with Crippen LogP contribution in [0.2, 0.25) is 0 Å². The number of fused-ring (bicyclic) bond motifs is 1. The molecule has 7 heteroatoms. The van der Waals surface area contributed by atoms with E-state index in [-0.39, 0.29) is 28.9 Å². The maximum absolute atomic E-state index is 12.5. The second-order valence-electron chi connectivity index (χ2n) is 6.76. The van der Waals surface area contributed by atoms with Crippen molar-refractivity contribution in [1.29, 1.82) is 0 Å². The first kappa shape index (κ1) is 16.9. The molecule has 0 fully saturated rings. The molecule has 6 nitrogen and oxygen atoms in total. The predicted molar refractivity (Wildman–Crippen MR) is 86.2 cm³/mol. The van der Waals surface area contributed by atoms with Crippen molar-refractivity contribution in [2.24, 2.45) is 5.14 Å². The fraction of sp³-hybridized carbons (Fsp3) is 0.533. The van der Waals surface area contributed by atoms with Gasteiger partial charge in [-0.15, -0.1) is 0 Å². The maximum Gasteiger partial charge on any atom is 0.241 e. The Labute approximate surface area is 131 Å². The molecule has 1 aromatic carbocycles. The quantitative estimate of drug-likeness (QED) is 0.867. The number of carbonyl (C=O) groups excluding carboxylic acids is 1. The first-order valence-electron chi connectivity index (χ1n) is 7.22. The maximum atomic E-state index is 12.5. The van der Waals surface area contributed by atoms with Gasteiger partial charge < -0.3 is 10.2 Å². The van der Waals surface area contributed by atoms with Gasteiger partial charge in [0.15, 0.2) is 0 Å². The Hall–Kier alpha value is -1.44. The molecule has 0 saturated carbocycles. The SMILES string of the molecule is CC1Cc2cc(S(N)(=O)=O)ccc2N1C(=O)CNC(C)(C)C. The second-order valence-corrected chi connectivity index (χ2v) is 8.32.